The number of esters is 2. The van der Waals surface area contributed by atoms with Crippen LogP contribution in [0.2, 0.25) is 0 Å². The Bertz CT molecular complexity index is 984. The first-order chi connectivity index (χ1) is 14.9. The molecule has 162 valence electrons. The van der Waals surface area contributed by atoms with Gasteiger partial charge in [0.1, 0.15) is 5.75 Å². The summed E-state index contributed by atoms with van der Waals surface area (Å²) >= 11 is 0. The highest BCUT2D eigenvalue weighted by Crippen LogP contribution is 2.26. The quantitative estimate of drug-likeness (QED) is 0.474. The second-order valence-corrected chi connectivity index (χ2v) is 6.94. The summed E-state index contributed by atoms with van der Waals surface area (Å²) in [5, 5.41) is 0. The summed E-state index contributed by atoms with van der Waals surface area (Å²) in [6.45, 7) is 1.72. The number of ketones is 1. The number of ether oxygens (including phenoxy) is 3. The van der Waals surface area contributed by atoms with Crippen molar-refractivity contribution in [2.45, 2.75) is 13.3 Å². The number of rotatable bonds is 8. The molecule has 0 aromatic heterocycles. The summed E-state index contributed by atoms with van der Waals surface area (Å²) in [5.74, 6) is -1.77. The van der Waals surface area contributed by atoms with Crippen LogP contribution in [0, 0.1) is 5.92 Å². The van der Waals surface area contributed by atoms with E-state index in [-0.39, 0.29) is 31.3 Å². The molecule has 1 amide bonds. The lowest BCUT2D eigenvalue weighted by Crippen LogP contribution is -2.27. The van der Waals surface area contributed by atoms with Gasteiger partial charge in [-0.25, -0.2) is 4.79 Å². The Labute approximate surface area is 179 Å². The Morgan fingerprint density at radius 1 is 1.03 bits per heavy atom. The average molecular weight is 425 g/mol. The SMILES string of the molecule is CCOC(=O)c1ccc(N2CC(C(=O)OCC(=O)c3cccc(OC)c3)CC2=O)cc1. The monoisotopic (exact) mass is 425 g/mol. The lowest BCUT2D eigenvalue weighted by molar-refractivity contribution is -0.147. The van der Waals surface area contributed by atoms with E-state index in [9.17, 15) is 19.2 Å². The highest BCUT2D eigenvalue weighted by molar-refractivity contribution is 6.01. The third-order valence-corrected chi connectivity index (χ3v) is 4.89. The minimum atomic E-state index is -0.671. The molecule has 0 bridgehead atoms. The smallest absolute Gasteiger partial charge is 0.338 e. The zero-order valence-electron chi connectivity index (χ0n) is 17.3. The molecule has 0 radical (unpaired) electrons. The molecular weight excluding hydrogens is 402 g/mol. The lowest BCUT2D eigenvalue weighted by atomic mass is 10.1. The highest BCUT2D eigenvalue weighted by Gasteiger charge is 2.36. The van der Waals surface area contributed by atoms with Crippen molar-refractivity contribution in [3.05, 3.63) is 59.7 Å². The molecule has 1 aliphatic heterocycles. The summed E-state index contributed by atoms with van der Waals surface area (Å²) in [6, 6.07) is 13.0. The van der Waals surface area contributed by atoms with Gasteiger partial charge in [-0.05, 0) is 43.3 Å². The standard InChI is InChI=1S/C23H23NO7/c1-3-30-22(27)15-7-9-18(10-8-15)24-13-17(12-21(24)26)23(28)31-14-20(25)16-5-4-6-19(11-16)29-2/h4-11,17H,3,12-14H2,1-2H3. The number of amides is 1. The van der Waals surface area contributed by atoms with Gasteiger partial charge in [0.2, 0.25) is 5.91 Å². The topological polar surface area (TPSA) is 99.2 Å². The van der Waals surface area contributed by atoms with E-state index in [2.05, 4.69) is 0 Å². The zero-order chi connectivity index (χ0) is 22.4. The van der Waals surface area contributed by atoms with Crippen LogP contribution >= 0.6 is 0 Å². The molecule has 8 nitrogen and oxygen atoms in total. The van der Waals surface area contributed by atoms with E-state index in [0.717, 1.165) is 0 Å². The number of carbonyl (C=O) groups is 4. The Balaban J connectivity index is 1.57. The predicted octanol–water partition coefficient (Wildman–Crippen LogP) is 2.65. The number of Topliss-reactive ketones (excluding diaryl/α,β-unsaturated/α-hetero) is 1. The number of nitrogens with zero attached hydrogens (tertiary/aromatic N) is 1. The number of carbonyl (C=O) groups excluding carboxylic acids is 4. The van der Waals surface area contributed by atoms with Crippen LogP contribution in [0.5, 0.6) is 5.75 Å². The van der Waals surface area contributed by atoms with Crippen molar-refractivity contribution in [2.24, 2.45) is 5.92 Å². The summed E-state index contributed by atoms with van der Waals surface area (Å²) in [6.07, 6.45) is -0.00812. The van der Waals surface area contributed by atoms with E-state index in [1.54, 1.807) is 55.5 Å². The zero-order valence-corrected chi connectivity index (χ0v) is 17.3. The number of benzene rings is 2. The van der Waals surface area contributed by atoms with Crippen molar-refractivity contribution in [3.8, 4) is 5.75 Å². The van der Waals surface area contributed by atoms with Gasteiger partial charge in [0.25, 0.3) is 0 Å². The molecule has 0 aliphatic carbocycles. The van der Waals surface area contributed by atoms with Crippen molar-refractivity contribution in [1.29, 1.82) is 0 Å². The van der Waals surface area contributed by atoms with Crippen molar-refractivity contribution in [2.75, 3.05) is 31.8 Å². The molecular formula is C23H23NO7. The minimum absolute atomic E-state index is 0.00812. The third-order valence-electron chi connectivity index (χ3n) is 4.89. The third kappa shape index (κ3) is 5.28. The molecule has 3 rings (SSSR count). The maximum atomic E-state index is 12.4. The van der Waals surface area contributed by atoms with Crippen LogP contribution < -0.4 is 9.64 Å². The molecule has 2 aromatic rings. The highest BCUT2D eigenvalue weighted by atomic mass is 16.5. The van der Waals surface area contributed by atoms with Gasteiger partial charge in [-0.3, -0.25) is 14.4 Å². The minimum Gasteiger partial charge on any atom is -0.497 e. The fraction of sp³-hybridized carbons (Fsp3) is 0.304. The largest absolute Gasteiger partial charge is 0.497 e. The molecule has 31 heavy (non-hydrogen) atoms. The van der Waals surface area contributed by atoms with Gasteiger partial charge in [-0.2, -0.15) is 0 Å². The molecule has 2 aromatic carbocycles. The Morgan fingerprint density at radius 2 is 1.77 bits per heavy atom. The average Bonchev–Trinajstić information content (AvgIpc) is 3.19. The van der Waals surface area contributed by atoms with Crippen LogP contribution in [0.25, 0.3) is 0 Å². The lowest BCUT2D eigenvalue weighted by Gasteiger charge is -2.17. The van der Waals surface area contributed by atoms with E-state index >= 15 is 0 Å². The summed E-state index contributed by atoms with van der Waals surface area (Å²) in [7, 11) is 1.50. The Kier molecular flexibility index (Phi) is 7.02. The first-order valence-electron chi connectivity index (χ1n) is 9.84. The molecule has 0 N–H and O–H groups in total. The van der Waals surface area contributed by atoms with Gasteiger partial charge in [-0.1, -0.05) is 12.1 Å². The van der Waals surface area contributed by atoms with Gasteiger partial charge in [0, 0.05) is 24.2 Å². The fourth-order valence-electron chi connectivity index (χ4n) is 3.24. The maximum absolute atomic E-state index is 12.4. The summed E-state index contributed by atoms with van der Waals surface area (Å²) < 4.78 is 15.2. The Morgan fingerprint density at radius 3 is 2.45 bits per heavy atom. The van der Waals surface area contributed by atoms with Crippen LogP contribution in [-0.4, -0.2) is 50.5 Å². The van der Waals surface area contributed by atoms with Gasteiger partial charge in [0.15, 0.2) is 12.4 Å². The first-order valence-corrected chi connectivity index (χ1v) is 9.84. The van der Waals surface area contributed by atoms with Crippen LogP contribution in [0.4, 0.5) is 5.69 Å². The van der Waals surface area contributed by atoms with Gasteiger partial charge >= 0.3 is 11.9 Å². The van der Waals surface area contributed by atoms with Crippen LogP contribution in [0.1, 0.15) is 34.1 Å². The molecule has 1 atom stereocenters. The molecule has 1 heterocycles. The molecule has 8 heteroatoms. The Hall–Kier alpha value is -3.68. The van der Waals surface area contributed by atoms with Gasteiger partial charge < -0.3 is 19.1 Å². The van der Waals surface area contributed by atoms with Crippen LogP contribution in [-0.2, 0) is 19.1 Å². The predicted molar refractivity (Wildman–Crippen MR) is 111 cm³/mol. The van der Waals surface area contributed by atoms with Crippen molar-refractivity contribution in [3.63, 3.8) is 0 Å². The summed E-state index contributed by atoms with van der Waals surface area (Å²) in [4.78, 5) is 50.3. The summed E-state index contributed by atoms with van der Waals surface area (Å²) in [5.41, 5.74) is 1.32. The molecule has 0 saturated carbocycles. The van der Waals surface area contributed by atoms with E-state index in [4.69, 9.17) is 14.2 Å². The normalized spacial score (nSPS) is 15.5. The fourth-order valence-corrected chi connectivity index (χ4v) is 3.24. The molecule has 1 saturated heterocycles. The van der Waals surface area contributed by atoms with E-state index < -0.39 is 24.5 Å². The number of hydrogen-bond acceptors (Lipinski definition) is 7. The molecule has 1 unspecified atom stereocenters. The van der Waals surface area contributed by atoms with E-state index in [1.807, 2.05) is 0 Å². The van der Waals surface area contributed by atoms with Crippen LogP contribution in [0.3, 0.4) is 0 Å². The second kappa shape index (κ2) is 9.88. The van der Waals surface area contributed by atoms with E-state index in [1.165, 1.54) is 12.0 Å². The van der Waals surface area contributed by atoms with Crippen molar-refractivity contribution < 1.29 is 33.4 Å². The van der Waals surface area contributed by atoms with Crippen molar-refractivity contribution >= 4 is 29.3 Å². The first kappa shape index (κ1) is 22.0. The van der Waals surface area contributed by atoms with Gasteiger partial charge in [-0.15, -0.1) is 0 Å². The number of anilines is 1. The molecule has 0 spiro atoms. The maximum Gasteiger partial charge on any atom is 0.338 e. The number of hydrogen-bond donors (Lipinski definition) is 0. The van der Waals surface area contributed by atoms with Gasteiger partial charge in [0.05, 0.1) is 25.2 Å². The molecule has 1 aliphatic rings. The van der Waals surface area contributed by atoms with Crippen LogP contribution in [0.15, 0.2) is 48.5 Å². The van der Waals surface area contributed by atoms with Crippen molar-refractivity contribution in [1.82, 2.24) is 0 Å². The number of methoxy groups -OCH3 is 1. The van der Waals surface area contributed by atoms with E-state index in [0.29, 0.717) is 22.6 Å². The second-order valence-electron chi connectivity index (χ2n) is 6.94. The molecule has 1 fully saturated rings.